The van der Waals surface area contributed by atoms with E-state index in [4.69, 9.17) is 5.73 Å². The van der Waals surface area contributed by atoms with E-state index >= 15 is 0 Å². The molecule has 0 aliphatic carbocycles. The Balaban J connectivity index is 2.27. The van der Waals surface area contributed by atoms with Gasteiger partial charge in [-0.3, -0.25) is 4.99 Å². The molecule has 0 fully saturated rings. The first-order valence-corrected chi connectivity index (χ1v) is 5.00. The van der Waals surface area contributed by atoms with E-state index in [0.29, 0.717) is 18.3 Å². The Hall–Kier alpha value is -1.71. The van der Waals surface area contributed by atoms with Gasteiger partial charge < -0.3 is 5.73 Å². The van der Waals surface area contributed by atoms with Gasteiger partial charge in [0.2, 0.25) is 0 Å². The molecule has 0 bridgehead atoms. The van der Waals surface area contributed by atoms with Crippen LogP contribution in [0.15, 0.2) is 28.3 Å². The van der Waals surface area contributed by atoms with E-state index in [2.05, 4.69) is 28.8 Å². The lowest BCUT2D eigenvalue weighted by atomic mass is 10.1. The lowest BCUT2D eigenvalue weighted by Gasteiger charge is -2.01. The summed E-state index contributed by atoms with van der Waals surface area (Å²) in [5.74, 6) is 1.72. The van der Waals surface area contributed by atoms with Crippen LogP contribution in [-0.4, -0.2) is 23.1 Å². The monoisotopic (exact) mass is 202 g/mol. The Morgan fingerprint density at radius 2 is 2.20 bits per heavy atom. The Morgan fingerprint density at radius 3 is 2.80 bits per heavy atom. The number of pyridine rings is 1. The van der Waals surface area contributed by atoms with Crippen LogP contribution >= 0.6 is 0 Å². The summed E-state index contributed by atoms with van der Waals surface area (Å²) in [6.45, 7) is 4.95. The lowest BCUT2D eigenvalue weighted by Crippen LogP contribution is -2.07. The molecule has 2 heterocycles. The van der Waals surface area contributed by atoms with Gasteiger partial charge in [0.1, 0.15) is 5.82 Å². The summed E-state index contributed by atoms with van der Waals surface area (Å²) >= 11 is 0. The molecule has 0 amide bonds. The summed E-state index contributed by atoms with van der Waals surface area (Å²) in [5.41, 5.74) is 7.67. The summed E-state index contributed by atoms with van der Waals surface area (Å²) in [5, 5.41) is 0. The lowest BCUT2D eigenvalue weighted by molar-refractivity contribution is 0.874. The highest BCUT2D eigenvalue weighted by atomic mass is 15.0. The molecule has 2 rings (SSSR count). The molecule has 0 saturated heterocycles. The summed E-state index contributed by atoms with van der Waals surface area (Å²) in [6, 6.07) is 3.67. The molecular formula is C11H14N4. The number of aromatic nitrogens is 1. The zero-order chi connectivity index (χ0) is 10.8. The van der Waals surface area contributed by atoms with Gasteiger partial charge in [0.25, 0.3) is 0 Å². The van der Waals surface area contributed by atoms with E-state index in [1.807, 2.05) is 6.07 Å². The Morgan fingerprint density at radius 1 is 1.40 bits per heavy atom. The largest absolute Gasteiger partial charge is 0.384 e. The molecule has 0 aromatic carbocycles. The van der Waals surface area contributed by atoms with Crippen LogP contribution in [0.1, 0.15) is 19.4 Å². The maximum Gasteiger partial charge on any atom is 0.155 e. The summed E-state index contributed by atoms with van der Waals surface area (Å²) < 4.78 is 0. The second-order valence-electron chi connectivity index (χ2n) is 3.87. The molecule has 0 radical (unpaired) electrons. The van der Waals surface area contributed by atoms with Crippen LogP contribution in [-0.2, 0) is 0 Å². The van der Waals surface area contributed by atoms with E-state index in [9.17, 15) is 0 Å². The molecule has 2 N–H and O–H groups in total. The summed E-state index contributed by atoms with van der Waals surface area (Å²) in [7, 11) is 0. The van der Waals surface area contributed by atoms with Gasteiger partial charge in [0, 0.05) is 17.5 Å². The number of aliphatic imine (C=N–C) groups is 2. The molecule has 0 atom stereocenters. The predicted molar refractivity (Wildman–Crippen MR) is 62.3 cm³/mol. The second kappa shape index (κ2) is 3.81. The van der Waals surface area contributed by atoms with E-state index in [1.165, 1.54) is 0 Å². The van der Waals surface area contributed by atoms with Crippen molar-refractivity contribution in [3.8, 4) is 0 Å². The van der Waals surface area contributed by atoms with Gasteiger partial charge in [-0.05, 0) is 18.1 Å². The average molecular weight is 202 g/mol. The van der Waals surface area contributed by atoms with Crippen LogP contribution in [0.25, 0.3) is 0 Å². The molecule has 15 heavy (non-hydrogen) atoms. The van der Waals surface area contributed by atoms with Crippen molar-refractivity contribution in [2.75, 3.05) is 12.3 Å². The van der Waals surface area contributed by atoms with Crippen molar-refractivity contribution in [2.24, 2.45) is 15.9 Å². The molecule has 4 heteroatoms. The van der Waals surface area contributed by atoms with Crippen LogP contribution in [0.2, 0.25) is 0 Å². The van der Waals surface area contributed by atoms with Crippen LogP contribution in [0.4, 0.5) is 5.82 Å². The minimum Gasteiger partial charge on any atom is -0.384 e. The molecule has 0 saturated carbocycles. The third-order valence-electron chi connectivity index (χ3n) is 2.35. The normalized spacial score (nSPS) is 15.4. The number of amidine groups is 1. The number of nitrogens with two attached hydrogens (primary N) is 1. The molecule has 1 aliphatic heterocycles. The van der Waals surface area contributed by atoms with Crippen LogP contribution < -0.4 is 5.73 Å². The molecule has 1 aromatic rings. The standard InChI is InChI=1S/C11H14N4/c1-7(2)9-6-14-11(15-9)8-3-4-13-10(12)5-8/h3-5,7H,6H2,1-2H3,(H2,12,13). The number of hydrogen-bond acceptors (Lipinski definition) is 4. The maximum absolute atomic E-state index is 5.61. The van der Waals surface area contributed by atoms with Gasteiger partial charge in [-0.25, -0.2) is 9.98 Å². The third-order valence-corrected chi connectivity index (χ3v) is 2.35. The fourth-order valence-corrected chi connectivity index (χ4v) is 1.42. The van der Waals surface area contributed by atoms with Gasteiger partial charge in [-0.2, -0.15) is 0 Å². The van der Waals surface area contributed by atoms with Crippen LogP contribution in [0.3, 0.4) is 0 Å². The molecule has 78 valence electrons. The van der Waals surface area contributed by atoms with Gasteiger partial charge in [-0.15, -0.1) is 0 Å². The number of anilines is 1. The van der Waals surface area contributed by atoms with Gasteiger partial charge in [0.15, 0.2) is 5.84 Å². The number of nitrogens with zero attached hydrogens (tertiary/aromatic N) is 3. The van der Waals surface area contributed by atoms with Crippen molar-refractivity contribution in [3.05, 3.63) is 23.9 Å². The van der Waals surface area contributed by atoms with Gasteiger partial charge in [-0.1, -0.05) is 13.8 Å². The highest BCUT2D eigenvalue weighted by molar-refractivity contribution is 6.12. The quantitative estimate of drug-likeness (QED) is 0.790. The number of nitrogen functional groups attached to an aromatic ring is 1. The van der Waals surface area contributed by atoms with E-state index < -0.39 is 0 Å². The van der Waals surface area contributed by atoms with E-state index in [-0.39, 0.29) is 0 Å². The Labute approximate surface area is 89.0 Å². The maximum atomic E-state index is 5.61. The summed E-state index contributed by atoms with van der Waals surface area (Å²) in [6.07, 6.45) is 1.68. The smallest absolute Gasteiger partial charge is 0.155 e. The topological polar surface area (TPSA) is 63.6 Å². The van der Waals surface area contributed by atoms with Crippen LogP contribution in [0.5, 0.6) is 0 Å². The van der Waals surface area contributed by atoms with Crippen molar-refractivity contribution in [1.29, 1.82) is 0 Å². The van der Waals surface area contributed by atoms with Crippen molar-refractivity contribution in [3.63, 3.8) is 0 Å². The third kappa shape index (κ3) is 2.03. The molecule has 1 aromatic heterocycles. The first-order chi connectivity index (χ1) is 7.16. The second-order valence-corrected chi connectivity index (χ2v) is 3.87. The number of rotatable bonds is 2. The van der Waals surface area contributed by atoms with Crippen molar-refractivity contribution < 1.29 is 0 Å². The Bertz CT molecular complexity index is 432. The SMILES string of the molecule is CC(C)C1=NC(c2ccnc(N)c2)=NC1. The van der Waals surface area contributed by atoms with Crippen molar-refractivity contribution >= 4 is 17.4 Å². The zero-order valence-electron chi connectivity index (χ0n) is 8.94. The predicted octanol–water partition coefficient (Wildman–Crippen LogP) is 1.52. The van der Waals surface area contributed by atoms with E-state index in [1.54, 1.807) is 12.3 Å². The first-order valence-electron chi connectivity index (χ1n) is 5.00. The molecule has 1 aliphatic rings. The highest BCUT2D eigenvalue weighted by Gasteiger charge is 2.14. The average Bonchev–Trinajstić information content (AvgIpc) is 2.66. The number of hydrogen-bond donors (Lipinski definition) is 1. The van der Waals surface area contributed by atoms with Crippen LogP contribution in [0, 0.1) is 5.92 Å². The fourth-order valence-electron chi connectivity index (χ4n) is 1.42. The van der Waals surface area contributed by atoms with Gasteiger partial charge in [0.05, 0.1) is 6.54 Å². The molecular weight excluding hydrogens is 188 g/mol. The minimum absolute atomic E-state index is 0.449. The fraction of sp³-hybridized carbons (Fsp3) is 0.364. The molecule has 4 nitrogen and oxygen atoms in total. The van der Waals surface area contributed by atoms with Crippen molar-refractivity contribution in [1.82, 2.24) is 4.98 Å². The Kier molecular flexibility index (Phi) is 2.49. The zero-order valence-corrected chi connectivity index (χ0v) is 8.94. The molecule has 0 spiro atoms. The van der Waals surface area contributed by atoms with Crippen molar-refractivity contribution in [2.45, 2.75) is 13.8 Å². The summed E-state index contributed by atoms with van der Waals surface area (Å²) in [4.78, 5) is 12.8. The minimum atomic E-state index is 0.449. The molecule has 0 unspecified atom stereocenters. The van der Waals surface area contributed by atoms with E-state index in [0.717, 1.165) is 17.1 Å². The van der Waals surface area contributed by atoms with Gasteiger partial charge >= 0.3 is 0 Å². The highest BCUT2D eigenvalue weighted by Crippen LogP contribution is 2.12. The first kappa shape index (κ1) is 9.83.